The molecule has 0 aliphatic rings. The molecular formula is C14H28O. The first-order valence-electron chi connectivity index (χ1n) is 6.62. The Labute approximate surface area is 95.6 Å². The van der Waals surface area contributed by atoms with Gasteiger partial charge < -0.3 is 5.11 Å². The average molecular weight is 212 g/mol. The van der Waals surface area contributed by atoms with Crippen LogP contribution in [0.2, 0.25) is 0 Å². The second kappa shape index (κ2) is 11.8. The molecule has 1 N–H and O–H groups in total. The van der Waals surface area contributed by atoms with E-state index in [1.807, 2.05) is 19.1 Å². The molecule has 15 heavy (non-hydrogen) atoms. The van der Waals surface area contributed by atoms with Crippen LogP contribution in [-0.4, -0.2) is 11.2 Å². The van der Waals surface area contributed by atoms with Crippen molar-refractivity contribution in [3.63, 3.8) is 0 Å². The molecule has 90 valence electrons. The Morgan fingerprint density at radius 3 is 2.00 bits per heavy atom. The van der Waals surface area contributed by atoms with Crippen LogP contribution in [0.25, 0.3) is 0 Å². The van der Waals surface area contributed by atoms with E-state index in [0.717, 1.165) is 6.42 Å². The van der Waals surface area contributed by atoms with Crippen molar-refractivity contribution in [1.29, 1.82) is 0 Å². The van der Waals surface area contributed by atoms with Gasteiger partial charge in [0.1, 0.15) is 0 Å². The fraction of sp³-hybridized carbons (Fsp3) is 0.857. The van der Waals surface area contributed by atoms with E-state index in [4.69, 9.17) is 0 Å². The van der Waals surface area contributed by atoms with E-state index in [1.165, 1.54) is 51.4 Å². The van der Waals surface area contributed by atoms with Gasteiger partial charge in [-0.1, -0.05) is 70.4 Å². The van der Waals surface area contributed by atoms with Gasteiger partial charge in [0.15, 0.2) is 0 Å². The van der Waals surface area contributed by atoms with Crippen molar-refractivity contribution < 1.29 is 5.11 Å². The SMILES string of the molecule is C/C=C/C(O)CCCCCCCCCC. The summed E-state index contributed by atoms with van der Waals surface area (Å²) >= 11 is 0. The molecule has 0 amide bonds. The number of aliphatic hydroxyl groups is 1. The molecule has 0 heterocycles. The van der Waals surface area contributed by atoms with E-state index < -0.39 is 0 Å². The Bertz CT molecular complexity index is 140. The molecule has 0 radical (unpaired) electrons. The van der Waals surface area contributed by atoms with Crippen LogP contribution in [0.3, 0.4) is 0 Å². The van der Waals surface area contributed by atoms with Gasteiger partial charge in [-0.05, 0) is 13.3 Å². The molecule has 1 nitrogen and oxygen atoms in total. The van der Waals surface area contributed by atoms with E-state index in [2.05, 4.69) is 6.92 Å². The Hall–Kier alpha value is -0.300. The fourth-order valence-electron chi connectivity index (χ4n) is 1.81. The molecule has 0 fully saturated rings. The topological polar surface area (TPSA) is 20.2 Å². The summed E-state index contributed by atoms with van der Waals surface area (Å²) in [4.78, 5) is 0. The van der Waals surface area contributed by atoms with Crippen molar-refractivity contribution in [2.75, 3.05) is 0 Å². The highest BCUT2D eigenvalue weighted by Gasteiger charge is 1.97. The molecule has 0 rings (SSSR count). The smallest absolute Gasteiger partial charge is 0.0720 e. The van der Waals surface area contributed by atoms with Crippen LogP contribution in [0.1, 0.15) is 71.6 Å². The standard InChI is InChI=1S/C14H28O/c1-3-5-6-7-8-9-10-11-13-14(15)12-4-2/h4,12,14-15H,3,5-11,13H2,1-2H3/b12-4+. The van der Waals surface area contributed by atoms with Crippen molar-refractivity contribution in [2.24, 2.45) is 0 Å². The molecule has 1 unspecified atom stereocenters. The number of unbranched alkanes of at least 4 members (excludes halogenated alkanes) is 7. The number of hydrogen-bond donors (Lipinski definition) is 1. The molecule has 0 aliphatic carbocycles. The molecule has 1 heteroatoms. The highest BCUT2D eigenvalue weighted by atomic mass is 16.3. The Kier molecular flexibility index (Phi) is 11.5. The first-order chi connectivity index (χ1) is 7.31. The third-order valence-electron chi connectivity index (χ3n) is 2.77. The van der Waals surface area contributed by atoms with Gasteiger partial charge in [0, 0.05) is 0 Å². The second-order valence-electron chi connectivity index (χ2n) is 4.36. The molecule has 0 saturated heterocycles. The van der Waals surface area contributed by atoms with E-state index >= 15 is 0 Å². The van der Waals surface area contributed by atoms with Gasteiger partial charge >= 0.3 is 0 Å². The fourth-order valence-corrected chi connectivity index (χ4v) is 1.81. The lowest BCUT2D eigenvalue weighted by Gasteiger charge is -2.05. The summed E-state index contributed by atoms with van der Waals surface area (Å²) in [6, 6.07) is 0. The maximum absolute atomic E-state index is 9.44. The summed E-state index contributed by atoms with van der Waals surface area (Å²) in [5, 5.41) is 9.44. The molecule has 0 bridgehead atoms. The molecule has 0 aromatic rings. The van der Waals surface area contributed by atoms with E-state index in [-0.39, 0.29) is 6.10 Å². The van der Waals surface area contributed by atoms with Crippen LogP contribution in [0.4, 0.5) is 0 Å². The summed E-state index contributed by atoms with van der Waals surface area (Å²) in [5.74, 6) is 0. The summed E-state index contributed by atoms with van der Waals surface area (Å²) in [5.41, 5.74) is 0. The van der Waals surface area contributed by atoms with Crippen LogP contribution in [0.5, 0.6) is 0 Å². The lowest BCUT2D eigenvalue weighted by molar-refractivity contribution is 0.208. The van der Waals surface area contributed by atoms with Gasteiger partial charge in [0.25, 0.3) is 0 Å². The number of allylic oxidation sites excluding steroid dienone is 1. The molecule has 1 atom stereocenters. The normalized spacial score (nSPS) is 13.5. The van der Waals surface area contributed by atoms with Gasteiger partial charge in [0.05, 0.1) is 6.10 Å². The van der Waals surface area contributed by atoms with Gasteiger partial charge in [-0.2, -0.15) is 0 Å². The minimum absolute atomic E-state index is 0.213. The summed E-state index contributed by atoms with van der Waals surface area (Å²) < 4.78 is 0. The molecular weight excluding hydrogens is 184 g/mol. The first kappa shape index (κ1) is 14.7. The predicted octanol–water partition coefficient (Wildman–Crippen LogP) is 4.45. The largest absolute Gasteiger partial charge is 0.389 e. The van der Waals surface area contributed by atoms with E-state index in [9.17, 15) is 5.11 Å². The van der Waals surface area contributed by atoms with Crippen LogP contribution in [-0.2, 0) is 0 Å². The molecule has 0 saturated carbocycles. The highest BCUT2D eigenvalue weighted by Crippen LogP contribution is 2.10. The van der Waals surface area contributed by atoms with Crippen LogP contribution in [0.15, 0.2) is 12.2 Å². The lowest BCUT2D eigenvalue weighted by Crippen LogP contribution is -2.00. The minimum atomic E-state index is -0.213. The maximum Gasteiger partial charge on any atom is 0.0720 e. The van der Waals surface area contributed by atoms with Crippen LogP contribution >= 0.6 is 0 Å². The molecule has 0 spiro atoms. The Morgan fingerprint density at radius 2 is 1.47 bits per heavy atom. The summed E-state index contributed by atoms with van der Waals surface area (Å²) in [6.07, 6.45) is 15.2. The first-order valence-corrected chi connectivity index (χ1v) is 6.62. The maximum atomic E-state index is 9.44. The Morgan fingerprint density at radius 1 is 0.933 bits per heavy atom. The Balaban J connectivity index is 3.04. The zero-order valence-electron chi connectivity index (χ0n) is 10.5. The van der Waals surface area contributed by atoms with Gasteiger partial charge in [-0.15, -0.1) is 0 Å². The second-order valence-corrected chi connectivity index (χ2v) is 4.36. The van der Waals surface area contributed by atoms with Gasteiger partial charge in [0.2, 0.25) is 0 Å². The average Bonchev–Trinajstić information content (AvgIpc) is 2.22. The van der Waals surface area contributed by atoms with Gasteiger partial charge in [-0.25, -0.2) is 0 Å². The van der Waals surface area contributed by atoms with Crippen molar-refractivity contribution in [2.45, 2.75) is 77.7 Å². The van der Waals surface area contributed by atoms with Crippen molar-refractivity contribution in [1.82, 2.24) is 0 Å². The van der Waals surface area contributed by atoms with E-state index in [0.29, 0.717) is 0 Å². The quantitative estimate of drug-likeness (QED) is 0.419. The molecule has 0 aromatic carbocycles. The highest BCUT2D eigenvalue weighted by molar-refractivity contribution is 4.84. The predicted molar refractivity (Wildman–Crippen MR) is 68.0 cm³/mol. The number of rotatable bonds is 10. The molecule has 0 aromatic heterocycles. The van der Waals surface area contributed by atoms with Crippen molar-refractivity contribution >= 4 is 0 Å². The monoisotopic (exact) mass is 212 g/mol. The number of hydrogen-bond acceptors (Lipinski definition) is 1. The zero-order valence-corrected chi connectivity index (χ0v) is 10.5. The zero-order chi connectivity index (χ0) is 11.4. The van der Waals surface area contributed by atoms with Crippen LogP contribution in [0, 0.1) is 0 Å². The summed E-state index contributed by atoms with van der Waals surface area (Å²) in [7, 11) is 0. The summed E-state index contributed by atoms with van der Waals surface area (Å²) in [6.45, 7) is 4.21. The third kappa shape index (κ3) is 11.6. The van der Waals surface area contributed by atoms with Gasteiger partial charge in [-0.3, -0.25) is 0 Å². The molecule has 0 aliphatic heterocycles. The third-order valence-corrected chi connectivity index (χ3v) is 2.77. The van der Waals surface area contributed by atoms with Crippen molar-refractivity contribution in [3.8, 4) is 0 Å². The van der Waals surface area contributed by atoms with Crippen molar-refractivity contribution in [3.05, 3.63) is 12.2 Å². The minimum Gasteiger partial charge on any atom is -0.389 e. The number of aliphatic hydroxyl groups excluding tert-OH is 1. The van der Waals surface area contributed by atoms with E-state index in [1.54, 1.807) is 0 Å². The van der Waals surface area contributed by atoms with Crippen LogP contribution < -0.4 is 0 Å². The lowest BCUT2D eigenvalue weighted by atomic mass is 10.1.